The Morgan fingerprint density at radius 3 is 2.19 bits per heavy atom. The molecule has 0 aliphatic rings. The molecule has 1 aromatic rings. The van der Waals surface area contributed by atoms with Gasteiger partial charge < -0.3 is 9.84 Å². The maximum absolute atomic E-state index is 11.3. The van der Waals surface area contributed by atoms with Crippen LogP contribution in [-0.4, -0.2) is 36.6 Å². The van der Waals surface area contributed by atoms with Crippen molar-refractivity contribution in [1.82, 2.24) is 0 Å². The molecule has 1 rings (SSSR count). The number of esters is 1. The van der Waals surface area contributed by atoms with Crippen LogP contribution in [0.15, 0.2) is 24.3 Å². The van der Waals surface area contributed by atoms with Crippen molar-refractivity contribution in [2.24, 2.45) is 11.8 Å². The zero-order valence-corrected chi connectivity index (χ0v) is 13.0. The molecular formula is C14H20O6S. The summed E-state index contributed by atoms with van der Waals surface area (Å²) in [5.74, 6) is -1.23. The van der Waals surface area contributed by atoms with Gasteiger partial charge in [-0.2, -0.15) is 8.42 Å². The summed E-state index contributed by atoms with van der Waals surface area (Å²) in [6, 6.07) is 6.74. The Balaban J connectivity index is 2.75. The van der Waals surface area contributed by atoms with Gasteiger partial charge in [0.2, 0.25) is 0 Å². The van der Waals surface area contributed by atoms with Crippen molar-refractivity contribution in [2.75, 3.05) is 7.11 Å². The fraction of sp³-hybridized carbons (Fsp3) is 0.500. The van der Waals surface area contributed by atoms with E-state index in [1.807, 2.05) is 0 Å². The SMILES string of the molecule is COC(=O)c1ccc(CC(C)C(C)C(O)S(=O)(=O)O)cc1. The first-order chi connectivity index (χ1) is 9.66. The van der Waals surface area contributed by atoms with Gasteiger partial charge in [-0.1, -0.05) is 26.0 Å². The molecule has 0 spiro atoms. The van der Waals surface area contributed by atoms with Crippen molar-refractivity contribution >= 4 is 16.1 Å². The molecule has 0 saturated carbocycles. The quantitative estimate of drug-likeness (QED) is 0.609. The molecule has 21 heavy (non-hydrogen) atoms. The maximum Gasteiger partial charge on any atom is 0.337 e. The Bertz CT molecular complexity index is 578. The lowest BCUT2D eigenvalue weighted by molar-refractivity contribution is 0.0600. The number of ether oxygens (including phenoxy) is 1. The van der Waals surface area contributed by atoms with Gasteiger partial charge in [-0.25, -0.2) is 4.79 Å². The van der Waals surface area contributed by atoms with Gasteiger partial charge in [-0.05, 0) is 30.0 Å². The summed E-state index contributed by atoms with van der Waals surface area (Å²) in [5, 5.41) is 9.55. The highest BCUT2D eigenvalue weighted by Gasteiger charge is 2.30. The molecule has 1 aromatic carbocycles. The first-order valence-electron chi connectivity index (χ1n) is 6.48. The van der Waals surface area contributed by atoms with Crippen LogP contribution in [0.3, 0.4) is 0 Å². The molecule has 0 bridgehead atoms. The van der Waals surface area contributed by atoms with E-state index in [0.29, 0.717) is 12.0 Å². The zero-order valence-electron chi connectivity index (χ0n) is 12.2. The second-order valence-corrected chi connectivity index (χ2v) is 6.65. The molecular weight excluding hydrogens is 296 g/mol. The number of carbonyl (C=O) groups is 1. The molecule has 2 N–H and O–H groups in total. The summed E-state index contributed by atoms with van der Waals surface area (Å²) in [4.78, 5) is 11.3. The number of hydrogen-bond acceptors (Lipinski definition) is 5. The summed E-state index contributed by atoms with van der Waals surface area (Å²) in [7, 11) is -3.16. The monoisotopic (exact) mass is 316 g/mol. The van der Waals surface area contributed by atoms with E-state index in [4.69, 9.17) is 4.55 Å². The van der Waals surface area contributed by atoms with E-state index in [0.717, 1.165) is 5.56 Å². The van der Waals surface area contributed by atoms with Crippen LogP contribution >= 0.6 is 0 Å². The Kier molecular flexibility index (Phi) is 5.88. The minimum atomic E-state index is -4.47. The van der Waals surface area contributed by atoms with Gasteiger partial charge in [0.05, 0.1) is 12.7 Å². The van der Waals surface area contributed by atoms with E-state index in [1.165, 1.54) is 7.11 Å². The number of rotatable bonds is 6. The minimum Gasteiger partial charge on any atom is -0.465 e. The highest BCUT2D eigenvalue weighted by molar-refractivity contribution is 7.86. The van der Waals surface area contributed by atoms with Crippen molar-refractivity contribution in [3.05, 3.63) is 35.4 Å². The van der Waals surface area contributed by atoms with Gasteiger partial charge in [0, 0.05) is 5.92 Å². The smallest absolute Gasteiger partial charge is 0.337 e. The summed E-state index contributed by atoms with van der Waals surface area (Å²) >= 11 is 0. The predicted molar refractivity (Wildman–Crippen MR) is 77.4 cm³/mol. The molecule has 3 unspecified atom stereocenters. The largest absolute Gasteiger partial charge is 0.465 e. The van der Waals surface area contributed by atoms with E-state index in [9.17, 15) is 18.3 Å². The van der Waals surface area contributed by atoms with Crippen LogP contribution in [-0.2, 0) is 21.3 Å². The third kappa shape index (κ3) is 4.80. The Morgan fingerprint density at radius 1 is 1.24 bits per heavy atom. The first-order valence-corrected chi connectivity index (χ1v) is 7.98. The average Bonchev–Trinajstić information content (AvgIpc) is 2.44. The molecule has 0 fully saturated rings. The Hall–Kier alpha value is -1.44. The average molecular weight is 316 g/mol. The maximum atomic E-state index is 11.3. The lowest BCUT2D eigenvalue weighted by atomic mass is 9.90. The second-order valence-electron chi connectivity index (χ2n) is 5.13. The number of aliphatic hydroxyl groups excluding tert-OH is 1. The molecule has 0 saturated heterocycles. The summed E-state index contributed by atoms with van der Waals surface area (Å²) in [6.45, 7) is 3.35. The van der Waals surface area contributed by atoms with Crippen LogP contribution in [0.5, 0.6) is 0 Å². The van der Waals surface area contributed by atoms with E-state index in [-0.39, 0.29) is 5.92 Å². The summed E-state index contributed by atoms with van der Waals surface area (Å²) < 4.78 is 35.3. The predicted octanol–water partition coefficient (Wildman–Crippen LogP) is 1.49. The van der Waals surface area contributed by atoms with Gasteiger partial charge in [0.1, 0.15) is 0 Å². The van der Waals surface area contributed by atoms with E-state index < -0.39 is 27.4 Å². The molecule has 7 heteroatoms. The fourth-order valence-electron chi connectivity index (χ4n) is 2.00. The summed E-state index contributed by atoms with van der Waals surface area (Å²) in [5.41, 5.74) is -0.480. The van der Waals surface area contributed by atoms with Crippen LogP contribution in [0, 0.1) is 11.8 Å². The molecule has 0 aliphatic carbocycles. The van der Waals surface area contributed by atoms with Crippen molar-refractivity contribution < 1.29 is 27.6 Å². The lowest BCUT2D eigenvalue weighted by Gasteiger charge is -2.23. The lowest BCUT2D eigenvalue weighted by Crippen LogP contribution is -2.32. The molecule has 0 amide bonds. The van der Waals surface area contributed by atoms with Gasteiger partial charge in [0.25, 0.3) is 10.1 Å². The minimum absolute atomic E-state index is 0.175. The molecule has 0 radical (unpaired) electrons. The van der Waals surface area contributed by atoms with Crippen LogP contribution in [0.1, 0.15) is 29.8 Å². The van der Waals surface area contributed by atoms with Crippen LogP contribution < -0.4 is 0 Å². The highest BCUT2D eigenvalue weighted by Crippen LogP contribution is 2.23. The molecule has 6 nitrogen and oxygen atoms in total. The number of aliphatic hydroxyl groups is 1. The third-order valence-corrected chi connectivity index (χ3v) is 4.62. The van der Waals surface area contributed by atoms with Crippen molar-refractivity contribution in [3.8, 4) is 0 Å². The molecule has 0 aromatic heterocycles. The molecule has 0 heterocycles. The number of methoxy groups -OCH3 is 1. The third-order valence-electron chi connectivity index (χ3n) is 3.59. The standard InChI is InChI=1S/C14H20O6S/c1-9(10(2)14(16)21(17,18)19)8-11-4-6-12(7-5-11)13(15)20-3/h4-7,9-10,14,16H,8H2,1-3H3,(H,17,18,19). The molecule has 3 atom stereocenters. The van der Waals surface area contributed by atoms with E-state index >= 15 is 0 Å². The highest BCUT2D eigenvalue weighted by atomic mass is 32.2. The van der Waals surface area contributed by atoms with Gasteiger partial charge in [-0.15, -0.1) is 0 Å². The number of carbonyl (C=O) groups excluding carboxylic acids is 1. The van der Waals surface area contributed by atoms with E-state index in [2.05, 4.69) is 4.74 Å². The topological polar surface area (TPSA) is 101 Å². The normalized spacial score (nSPS) is 16.0. The van der Waals surface area contributed by atoms with Crippen molar-refractivity contribution in [3.63, 3.8) is 0 Å². The van der Waals surface area contributed by atoms with Gasteiger partial charge in [0.15, 0.2) is 5.44 Å². The fourth-order valence-corrected chi connectivity index (χ4v) is 2.82. The van der Waals surface area contributed by atoms with Gasteiger partial charge >= 0.3 is 5.97 Å². The number of hydrogen-bond donors (Lipinski definition) is 2. The van der Waals surface area contributed by atoms with E-state index in [1.54, 1.807) is 38.1 Å². The Morgan fingerprint density at radius 2 is 1.76 bits per heavy atom. The molecule has 0 aliphatic heterocycles. The van der Waals surface area contributed by atoms with Gasteiger partial charge in [-0.3, -0.25) is 4.55 Å². The second kappa shape index (κ2) is 7.02. The van der Waals surface area contributed by atoms with Crippen LogP contribution in [0.2, 0.25) is 0 Å². The zero-order chi connectivity index (χ0) is 16.2. The van der Waals surface area contributed by atoms with Crippen LogP contribution in [0.25, 0.3) is 0 Å². The number of benzene rings is 1. The molecule has 118 valence electrons. The first kappa shape index (κ1) is 17.6. The van der Waals surface area contributed by atoms with Crippen LogP contribution in [0.4, 0.5) is 0 Å². The summed E-state index contributed by atoms with van der Waals surface area (Å²) in [6.07, 6.45) is 0.509. The van der Waals surface area contributed by atoms with Crippen molar-refractivity contribution in [2.45, 2.75) is 25.7 Å². The van der Waals surface area contributed by atoms with Crippen molar-refractivity contribution in [1.29, 1.82) is 0 Å². The Labute approximate surface area is 124 Å².